The molecule has 0 aliphatic heterocycles. The normalized spacial score (nSPS) is 11.0. The van der Waals surface area contributed by atoms with Gasteiger partial charge in [0.25, 0.3) is 0 Å². The molecule has 24 heavy (non-hydrogen) atoms. The van der Waals surface area contributed by atoms with Gasteiger partial charge in [-0.3, -0.25) is 0 Å². The zero-order chi connectivity index (χ0) is 17.0. The van der Waals surface area contributed by atoms with Gasteiger partial charge in [-0.25, -0.2) is 4.79 Å². The number of para-hydroxylation sites is 1. The van der Waals surface area contributed by atoms with E-state index >= 15 is 0 Å². The Hall–Kier alpha value is -1.91. The van der Waals surface area contributed by atoms with Crippen LogP contribution >= 0.6 is 0 Å². The van der Waals surface area contributed by atoms with Crippen LogP contribution in [0.3, 0.4) is 0 Å². The maximum absolute atomic E-state index is 12.1. The van der Waals surface area contributed by atoms with Gasteiger partial charge in [-0.1, -0.05) is 82.1 Å². The molecule has 0 spiro atoms. The number of amides is 1. The van der Waals surface area contributed by atoms with Crippen LogP contribution in [0, 0.1) is 0 Å². The number of nitrogens with zero attached hydrogens (tertiary/aromatic N) is 3. The Kier molecular flexibility index (Phi) is 8.28. The molecule has 2 rings (SSSR count). The van der Waals surface area contributed by atoms with Crippen molar-refractivity contribution in [2.45, 2.75) is 71.1 Å². The van der Waals surface area contributed by atoms with Gasteiger partial charge in [0.1, 0.15) is 5.52 Å². The van der Waals surface area contributed by atoms with Crippen molar-refractivity contribution in [3.63, 3.8) is 0 Å². The molecule has 1 aromatic carbocycles. The molecule has 0 saturated carbocycles. The summed E-state index contributed by atoms with van der Waals surface area (Å²) in [4.78, 5) is 12.1. The number of benzene rings is 1. The van der Waals surface area contributed by atoms with E-state index in [1.807, 2.05) is 24.3 Å². The monoisotopic (exact) mass is 330 g/mol. The molecule has 0 bridgehead atoms. The summed E-state index contributed by atoms with van der Waals surface area (Å²) in [7, 11) is 0. The Balaban J connectivity index is 1.52. The van der Waals surface area contributed by atoms with Crippen molar-refractivity contribution < 1.29 is 4.79 Å². The van der Waals surface area contributed by atoms with E-state index in [9.17, 15) is 4.79 Å². The lowest BCUT2D eigenvalue weighted by atomic mass is 10.1. The van der Waals surface area contributed by atoms with E-state index in [1.165, 1.54) is 62.5 Å². The van der Waals surface area contributed by atoms with E-state index in [-0.39, 0.29) is 6.03 Å². The number of aromatic nitrogens is 3. The third kappa shape index (κ3) is 5.95. The summed E-state index contributed by atoms with van der Waals surface area (Å²) in [5.74, 6) is 0. The minimum Gasteiger partial charge on any atom is -0.336 e. The molecule has 2 aromatic rings. The zero-order valence-corrected chi connectivity index (χ0v) is 14.8. The van der Waals surface area contributed by atoms with Crippen LogP contribution in [0.4, 0.5) is 4.79 Å². The van der Waals surface area contributed by atoms with E-state index in [0.717, 1.165) is 17.5 Å². The summed E-state index contributed by atoms with van der Waals surface area (Å²) >= 11 is 0. The molecular formula is C19H30N4O. The van der Waals surface area contributed by atoms with E-state index in [1.54, 1.807) is 0 Å². The first kappa shape index (κ1) is 18.4. The summed E-state index contributed by atoms with van der Waals surface area (Å²) in [5, 5.41) is 10.8. The van der Waals surface area contributed by atoms with Crippen LogP contribution in [0.1, 0.15) is 71.1 Å². The third-order valence-electron chi connectivity index (χ3n) is 4.35. The fraction of sp³-hybridized carbons (Fsp3) is 0.632. The fourth-order valence-corrected chi connectivity index (χ4v) is 2.90. The summed E-state index contributed by atoms with van der Waals surface area (Å²) in [6.45, 7) is 2.95. The van der Waals surface area contributed by atoms with Crippen LogP contribution in [0.15, 0.2) is 24.3 Å². The van der Waals surface area contributed by atoms with Crippen molar-refractivity contribution in [2.75, 3.05) is 6.54 Å². The minimum absolute atomic E-state index is 0.195. The lowest BCUT2D eigenvalue weighted by molar-refractivity contribution is 0.239. The van der Waals surface area contributed by atoms with Gasteiger partial charge in [0.15, 0.2) is 0 Å². The van der Waals surface area contributed by atoms with Gasteiger partial charge < -0.3 is 5.32 Å². The first-order valence-corrected chi connectivity index (χ1v) is 9.41. The quantitative estimate of drug-likeness (QED) is 0.595. The van der Waals surface area contributed by atoms with Gasteiger partial charge >= 0.3 is 6.03 Å². The Bertz CT molecular complexity index is 608. The third-order valence-corrected chi connectivity index (χ3v) is 4.35. The summed E-state index contributed by atoms with van der Waals surface area (Å²) in [6, 6.07) is 7.30. The second-order valence-corrected chi connectivity index (χ2v) is 6.40. The summed E-state index contributed by atoms with van der Waals surface area (Å²) < 4.78 is 1.34. The largest absolute Gasteiger partial charge is 0.344 e. The summed E-state index contributed by atoms with van der Waals surface area (Å²) in [5.41, 5.74) is 1.49. The fourth-order valence-electron chi connectivity index (χ4n) is 2.90. The van der Waals surface area contributed by atoms with Crippen LogP contribution in [0.25, 0.3) is 11.0 Å². The molecule has 132 valence electrons. The highest BCUT2D eigenvalue weighted by Crippen LogP contribution is 2.11. The van der Waals surface area contributed by atoms with E-state index in [4.69, 9.17) is 0 Å². The second kappa shape index (κ2) is 10.8. The second-order valence-electron chi connectivity index (χ2n) is 6.40. The molecule has 0 fully saturated rings. The molecule has 0 unspecified atom stereocenters. The van der Waals surface area contributed by atoms with Crippen LogP contribution in [-0.2, 0) is 0 Å². The van der Waals surface area contributed by atoms with E-state index < -0.39 is 0 Å². The molecule has 1 aromatic heterocycles. The lowest BCUT2D eigenvalue weighted by Crippen LogP contribution is -2.30. The summed E-state index contributed by atoms with van der Waals surface area (Å²) in [6.07, 6.45) is 13.0. The molecule has 1 amide bonds. The van der Waals surface area contributed by atoms with E-state index in [2.05, 4.69) is 22.6 Å². The Morgan fingerprint density at radius 2 is 1.58 bits per heavy atom. The predicted octanol–water partition coefficient (Wildman–Crippen LogP) is 4.91. The number of hydrogen-bond donors (Lipinski definition) is 1. The highest BCUT2D eigenvalue weighted by molar-refractivity contribution is 5.87. The minimum atomic E-state index is -0.195. The maximum Gasteiger partial charge on any atom is 0.344 e. The zero-order valence-electron chi connectivity index (χ0n) is 14.8. The van der Waals surface area contributed by atoms with Crippen molar-refractivity contribution in [2.24, 2.45) is 0 Å². The van der Waals surface area contributed by atoms with Crippen molar-refractivity contribution >= 4 is 17.1 Å². The number of nitrogens with one attached hydrogen (secondary N) is 1. The SMILES string of the molecule is CCCCCCCCCCCCNC(=O)n1nnc2ccccc21. The van der Waals surface area contributed by atoms with Gasteiger partial charge in [-0.2, -0.15) is 4.68 Å². The highest BCUT2D eigenvalue weighted by atomic mass is 16.2. The lowest BCUT2D eigenvalue weighted by Gasteiger charge is -2.05. The molecule has 1 N–H and O–H groups in total. The molecule has 0 radical (unpaired) electrons. The molecule has 5 heteroatoms. The van der Waals surface area contributed by atoms with Crippen LogP contribution < -0.4 is 5.32 Å². The Morgan fingerprint density at radius 1 is 0.958 bits per heavy atom. The average molecular weight is 330 g/mol. The van der Waals surface area contributed by atoms with Crippen molar-refractivity contribution in [3.05, 3.63) is 24.3 Å². The van der Waals surface area contributed by atoms with Crippen molar-refractivity contribution in [1.29, 1.82) is 0 Å². The van der Waals surface area contributed by atoms with E-state index in [0.29, 0.717) is 6.54 Å². The van der Waals surface area contributed by atoms with Crippen molar-refractivity contribution in [3.8, 4) is 0 Å². The standard InChI is InChI=1S/C19H30N4O/c1-2-3-4-5-6-7-8-9-10-13-16-20-19(24)23-18-15-12-11-14-17(18)21-22-23/h11-12,14-15H,2-10,13,16H2,1H3,(H,20,24). The van der Waals surface area contributed by atoms with Crippen LogP contribution in [-0.4, -0.2) is 27.6 Å². The molecular weight excluding hydrogens is 300 g/mol. The van der Waals surface area contributed by atoms with Gasteiger partial charge in [-0.15, -0.1) is 5.10 Å². The molecule has 0 aliphatic carbocycles. The van der Waals surface area contributed by atoms with Gasteiger partial charge in [0.2, 0.25) is 0 Å². The van der Waals surface area contributed by atoms with Crippen LogP contribution in [0.5, 0.6) is 0 Å². The molecule has 1 heterocycles. The molecule has 0 saturated heterocycles. The first-order valence-electron chi connectivity index (χ1n) is 9.41. The Morgan fingerprint density at radius 3 is 2.29 bits per heavy atom. The van der Waals surface area contributed by atoms with Gasteiger partial charge in [-0.05, 0) is 18.6 Å². The Labute approximate surface area is 144 Å². The van der Waals surface area contributed by atoms with Crippen molar-refractivity contribution in [1.82, 2.24) is 20.3 Å². The molecule has 5 nitrogen and oxygen atoms in total. The highest BCUT2D eigenvalue weighted by Gasteiger charge is 2.10. The number of fused-ring (bicyclic) bond motifs is 1. The number of rotatable bonds is 11. The van der Waals surface area contributed by atoms with Gasteiger partial charge in [0, 0.05) is 6.54 Å². The first-order chi connectivity index (χ1) is 11.8. The average Bonchev–Trinajstić information content (AvgIpc) is 3.03. The topological polar surface area (TPSA) is 59.8 Å². The molecule has 0 atom stereocenters. The maximum atomic E-state index is 12.1. The van der Waals surface area contributed by atoms with Gasteiger partial charge in [0.05, 0.1) is 5.52 Å². The number of carbonyl (C=O) groups excluding carboxylic acids is 1. The smallest absolute Gasteiger partial charge is 0.336 e. The number of carbonyl (C=O) groups is 1. The predicted molar refractivity (Wildman–Crippen MR) is 98.2 cm³/mol. The molecule has 0 aliphatic rings. The van der Waals surface area contributed by atoms with Crippen LogP contribution in [0.2, 0.25) is 0 Å². The number of unbranched alkanes of at least 4 members (excludes halogenated alkanes) is 9. The number of hydrogen-bond acceptors (Lipinski definition) is 3.